The lowest BCUT2D eigenvalue weighted by molar-refractivity contribution is -0.0174. The fourth-order valence-electron chi connectivity index (χ4n) is 3.13. The summed E-state index contributed by atoms with van der Waals surface area (Å²) >= 11 is 0. The molecule has 3 atom stereocenters. The molecule has 1 saturated carbocycles. The van der Waals surface area contributed by atoms with E-state index in [9.17, 15) is 4.79 Å². The van der Waals surface area contributed by atoms with Crippen molar-refractivity contribution in [2.75, 3.05) is 0 Å². The molecule has 3 heteroatoms. The Bertz CT molecular complexity index is 527. The van der Waals surface area contributed by atoms with Gasteiger partial charge in [-0.05, 0) is 30.6 Å². The van der Waals surface area contributed by atoms with Gasteiger partial charge in [-0.1, -0.05) is 51.5 Å². The highest BCUT2D eigenvalue weighted by Gasteiger charge is 2.33. The minimum Gasteiger partial charge on any atom is -0.458 e. The highest BCUT2D eigenvalue weighted by atomic mass is 16.5. The summed E-state index contributed by atoms with van der Waals surface area (Å²) in [5.41, 5.74) is 1.07. The zero-order valence-corrected chi connectivity index (χ0v) is 13.0. The molecular formula is C18H23NO2. The lowest BCUT2D eigenvalue weighted by atomic mass is 9.75. The molecule has 1 aromatic carbocycles. The summed E-state index contributed by atoms with van der Waals surface area (Å²) in [4.78, 5) is 15.6. The molecule has 0 N–H and O–H groups in total. The van der Waals surface area contributed by atoms with Gasteiger partial charge in [-0.15, -0.1) is 0 Å². The molecule has 1 aliphatic rings. The fraction of sp³-hybridized carbons (Fsp3) is 0.556. The van der Waals surface area contributed by atoms with Gasteiger partial charge in [0.05, 0.1) is 12.1 Å². The Kier molecular flexibility index (Phi) is 5.01. The molecule has 1 aromatic rings. The molecule has 0 amide bonds. The molecule has 112 valence electrons. The van der Waals surface area contributed by atoms with E-state index in [1.54, 1.807) is 24.3 Å². The Morgan fingerprint density at radius 3 is 2.52 bits per heavy atom. The van der Waals surface area contributed by atoms with Crippen molar-refractivity contribution >= 4 is 11.7 Å². The first-order valence-electron chi connectivity index (χ1n) is 7.69. The third-order valence-corrected chi connectivity index (χ3v) is 4.45. The summed E-state index contributed by atoms with van der Waals surface area (Å²) in [6.45, 7) is 13.6. The zero-order valence-electron chi connectivity index (χ0n) is 13.0. The number of hydrogen-bond acceptors (Lipinski definition) is 2. The van der Waals surface area contributed by atoms with Crippen molar-refractivity contribution in [1.82, 2.24) is 0 Å². The molecule has 0 aromatic heterocycles. The zero-order chi connectivity index (χ0) is 15.4. The third-order valence-electron chi connectivity index (χ3n) is 4.45. The van der Waals surface area contributed by atoms with Crippen LogP contribution in [0.15, 0.2) is 24.3 Å². The van der Waals surface area contributed by atoms with E-state index in [0.717, 1.165) is 12.8 Å². The summed E-state index contributed by atoms with van der Waals surface area (Å²) in [5.74, 6) is 1.33. The highest BCUT2D eigenvalue weighted by Crippen LogP contribution is 2.35. The molecule has 0 unspecified atom stereocenters. The molecule has 0 heterocycles. The average molecular weight is 285 g/mol. The van der Waals surface area contributed by atoms with Gasteiger partial charge in [0.2, 0.25) is 0 Å². The van der Waals surface area contributed by atoms with Gasteiger partial charge in [0.25, 0.3) is 0 Å². The van der Waals surface area contributed by atoms with Crippen molar-refractivity contribution in [3.8, 4) is 0 Å². The number of benzene rings is 1. The van der Waals surface area contributed by atoms with Crippen molar-refractivity contribution in [2.24, 2.45) is 17.8 Å². The Morgan fingerprint density at radius 2 is 1.95 bits per heavy atom. The fourth-order valence-corrected chi connectivity index (χ4v) is 3.13. The monoisotopic (exact) mass is 285 g/mol. The van der Waals surface area contributed by atoms with Gasteiger partial charge in [-0.25, -0.2) is 9.64 Å². The van der Waals surface area contributed by atoms with Crippen molar-refractivity contribution in [3.63, 3.8) is 0 Å². The summed E-state index contributed by atoms with van der Waals surface area (Å²) < 4.78 is 5.78. The molecule has 21 heavy (non-hydrogen) atoms. The van der Waals surface area contributed by atoms with Crippen LogP contribution >= 0.6 is 0 Å². The number of carbonyl (C=O) groups is 1. The maximum atomic E-state index is 12.3. The summed E-state index contributed by atoms with van der Waals surface area (Å²) in [6.07, 6.45) is 3.32. The largest absolute Gasteiger partial charge is 0.458 e. The van der Waals surface area contributed by atoms with Crippen LogP contribution in [0.3, 0.4) is 0 Å². The first kappa shape index (κ1) is 15.6. The maximum absolute atomic E-state index is 12.3. The van der Waals surface area contributed by atoms with Gasteiger partial charge >= 0.3 is 5.97 Å². The SMILES string of the molecule is [C-]#[N+]c1ccc(C(=O)O[C@H]2C[C@@H](C)CC[C@@H]2C(C)C)cc1. The number of ether oxygens (including phenoxy) is 1. The number of hydrogen-bond donors (Lipinski definition) is 0. The van der Waals surface area contributed by atoms with Gasteiger partial charge in [0.15, 0.2) is 5.69 Å². The molecule has 3 nitrogen and oxygen atoms in total. The van der Waals surface area contributed by atoms with Crippen LogP contribution in [0.1, 0.15) is 50.4 Å². The van der Waals surface area contributed by atoms with Crippen LogP contribution in [0, 0.1) is 24.3 Å². The van der Waals surface area contributed by atoms with E-state index < -0.39 is 0 Å². The van der Waals surface area contributed by atoms with Crippen LogP contribution in [0.5, 0.6) is 0 Å². The van der Waals surface area contributed by atoms with Gasteiger partial charge in [0.1, 0.15) is 6.10 Å². The quantitative estimate of drug-likeness (QED) is 0.587. The van der Waals surface area contributed by atoms with Crippen LogP contribution in [0.4, 0.5) is 5.69 Å². The van der Waals surface area contributed by atoms with E-state index in [1.807, 2.05) is 0 Å². The van der Waals surface area contributed by atoms with E-state index in [0.29, 0.717) is 29.0 Å². The topological polar surface area (TPSA) is 30.7 Å². The lowest BCUT2D eigenvalue weighted by Gasteiger charge is -2.36. The Balaban J connectivity index is 2.07. The lowest BCUT2D eigenvalue weighted by Crippen LogP contribution is -2.35. The number of nitrogens with zero attached hydrogens (tertiary/aromatic N) is 1. The first-order chi connectivity index (χ1) is 10.0. The molecule has 1 aliphatic carbocycles. The molecule has 2 rings (SSSR count). The van der Waals surface area contributed by atoms with Crippen LogP contribution in [-0.4, -0.2) is 12.1 Å². The summed E-state index contributed by atoms with van der Waals surface area (Å²) in [6, 6.07) is 6.67. The molecule has 0 saturated heterocycles. The number of esters is 1. The second-order valence-corrected chi connectivity index (χ2v) is 6.43. The highest BCUT2D eigenvalue weighted by molar-refractivity contribution is 5.90. The first-order valence-corrected chi connectivity index (χ1v) is 7.69. The average Bonchev–Trinajstić information content (AvgIpc) is 2.47. The van der Waals surface area contributed by atoms with E-state index >= 15 is 0 Å². The number of rotatable bonds is 3. The summed E-state index contributed by atoms with van der Waals surface area (Å²) in [5, 5.41) is 0. The van der Waals surface area contributed by atoms with Crippen molar-refractivity contribution in [3.05, 3.63) is 41.2 Å². The minimum atomic E-state index is -0.267. The molecular weight excluding hydrogens is 262 g/mol. The van der Waals surface area contributed by atoms with Gasteiger partial charge in [0, 0.05) is 0 Å². The predicted molar refractivity (Wildman–Crippen MR) is 83.3 cm³/mol. The minimum absolute atomic E-state index is 0.0155. The van der Waals surface area contributed by atoms with E-state index in [1.165, 1.54) is 6.42 Å². The van der Waals surface area contributed by atoms with Gasteiger partial charge in [-0.3, -0.25) is 0 Å². The second-order valence-electron chi connectivity index (χ2n) is 6.43. The van der Waals surface area contributed by atoms with Crippen LogP contribution < -0.4 is 0 Å². The van der Waals surface area contributed by atoms with Crippen LogP contribution in [-0.2, 0) is 4.74 Å². The second kappa shape index (κ2) is 6.76. The van der Waals surface area contributed by atoms with Gasteiger partial charge in [-0.2, -0.15) is 0 Å². The third kappa shape index (κ3) is 3.85. The number of carbonyl (C=O) groups excluding carboxylic acids is 1. The van der Waals surface area contributed by atoms with E-state index in [4.69, 9.17) is 11.3 Å². The maximum Gasteiger partial charge on any atom is 0.338 e. The van der Waals surface area contributed by atoms with E-state index in [2.05, 4.69) is 25.6 Å². The molecule has 0 radical (unpaired) electrons. The summed E-state index contributed by atoms with van der Waals surface area (Å²) in [7, 11) is 0. The molecule has 0 spiro atoms. The standard InChI is InChI=1S/C18H23NO2/c1-12(2)16-10-5-13(3)11-17(16)21-18(20)14-6-8-15(19-4)9-7-14/h6-9,12-13,16-17H,5,10-11H2,1-3H3/t13-,16+,17-/m0/s1. The Hall–Kier alpha value is -1.82. The van der Waals surface area contributed by atoms with Crippen LogP contribution in [0.25, 0.3) is 4.85 Å². The van der Waals surface area contributed by atoms with Crippen LogP contribution in [0.2, 0.25) is 0 Å². The normalized spacial score (nSPS) is 25.4. The van der Waals surface area contributed by atoms with E-state index in [-0.39, 0.29) is 12.1 Å². The predicted octanol–water partition coefficient (Wildman–Crippen LogP) is 4.85. The van der Waals surface area contributed by atoms with Crippen molar-refractivity contribution in [1.29, 1.82) is 0 Å². The van der Waals surface area contributed by atoms with Crippen molar-refractivity contribution < 1.29 is 9.53 Å². The molecule has 0 aliphatic heterocycles. The van der Waals surface area contributed by atoms with Crippen molar-refractivity contribution in [2.45, 2.75) is 46.1 Å². The molecule has 0 bridgehead atoms. The Labute approximate surface area is 127 Å². The smallest absolute Gasteiger partial charge is 0.338 e. The Morgan fingerprint density at radius 1 is 1.29 bits per heavy atom. The van der Waals surface area contributed by atoms with Gasteiger partial charge < -0.3 is 4.74 Å². The molecule has 1 fully saturated rings.